The molecule has 0 fully saturated rings. The second-order valence-electron chi connectivity index (χ2n) is 4.04. The van der Waals surface area contributed by atoms with Crippen molar-refractivity contribution in [2.24, 2.45) is 0 Å². The summed E-state index contributed by atoms with van der Waals surface area (Å²) >= 11 is 9.24. The van der Waals surface area contributed by atoms with Crippen molar-refractivity contribution in [1.82, 2.24) is 0 Å². The van der Waals surface area contributed by atoms with Gasteiger partial charge in [-0.1, -0.05) is 23.7 Å². The van der Waals surface area contributed by atoms with Crippen LogP contribution < -0.4 is 5.73 Å². The fourth-order valence-electron chi connectivity index (χ4n) is 1.68. The van der Waals surface area contributed by atoms with Gasteiger partial charge in [-0.25, -0.2) is 8.42 Å². The summed E-state index contributed by atoms with van der Waals surface area (Å²) in [5.41, 5.74) is 6.64. The van der Waals surface area contributed by atoms with E-state index in [0.717, 1.165) is 0 Å². The number of nitrogens with two attached hydrogens (primary N) is 1. The van der Waals surface area contributed by atoms with Crippen LogP contribution in [0.15, 0.2) is 51.8 Å². The van der Waals surface area contributed by atoms with Crippen molar-refractivity contribution in [1.29, 1.82) is 0 Å². The standard InChI is InChI=1S/C13H11BrClNO2S/c14-11-3-1-2-4-13(11)19(17,18)8-9-7-10(16)5-6-12(9)15/h1-7H,8,16H2. The first-order valence-corrected chi connectivity index (χ1v) is 8.23. The fraction of sp³-hybridized carbons (Fsp3) is 0.0769. The smallest absolute Gasteiger partial charge is 0.183 e. The molecule has 0 aromatic heterocycles. The van der Waals surface area contributed by atoms with Gasteiger partial charge in [-0.2, -0.15) is 0 Å². The molecule has 0 heterocycles. The van der Waals surface area contributed by atoms with Gasteiger partial charge in [0, 0.05) is 15.2 Å². The molecule has 100 valence electrons. The molecule has 0 saturated heterocycles. The summed E-state index contributed by atoms with van der Waals surface area (Å²) in [6, 6.07) is 11.5. The van der Waals surface area contributed by atoms with E-state index in [0.29, 0.717) is 20.7 Å². The van der Waals surface area contributed by atoms with Gasteiger partial charge >= 0.3 is 0 Å². The van der Waals surface area contributed by atoms with Crippen LogP contribution in [0.2, 0.25) is 5.02 Å². The van der Waals surface area contributed by atoms with Crippen LogP contribution in [0.4, 0.5) is 5.69 Å². The van der Waals surface area contributed by atoms with Gasteiger partial charge in [-0.15, -0.1) is 0 Å². The third kappa shape index (κ3) is 3.29. The Labute approximate surface area is 125 Å². The first kappa shape index (κ1) is 14.4. The Morgan fingerprint density at radius 3 is 2.53 bits per heavy atom. The molecule has 0 aliphatic heterocycles. The molecule has 0 aliphatic carbocycles. The Balaban J connectivity index is 2.43. The zero-order chi connectivity index (χ0) is 14.0. The van der Waals surface area contributed by atoms with E-state index in [1.54, 1.807) is 42.5 Å². The van der Waals surface area contributed by atoms with Crippen LogP contribution in [0.5, 0.6) is 0 Å². The Bertz CT molecular complexity index is 716. The molecule has 6 heteroatoms. The molecule has 0 atom stereocenters. The predicted octanol–water partition coefficient (Wildman–Crippen LogP) is 3.66. The number of rotatable bonds is 3. The highest BCUT2D eigenvalue weighted by Crippen LogP contribution is 2.28. The van der Waals surface area contributed by atoms with Crippen molar-refractivity contribution in [3.63, 3.8) is 0 Å². The van der Waals surface area contributed by atoms with Crippen LogP contribution in [0.1, 0.15) is 5.56 Å². The summed E-state index contributed by atoms with van der Waals surface area (Å²) in [5, 5.41) is 0.393. The Morgan fingerprint density at radius 2 is 1.84 bits per heavy atom. The van der Waals surface area contributed by atoms with Gasteiger partial charge in [0.25, 0.3) is 0 Å². The van der Waals surface area contributed by atoms with Gasteiger partial charge < -0.3 is 5.73 Å². The molecular weight excluding hydrogens is 350 g/mol. The molecule has 0 radical (unpaired) electrons. The zero-order valence-corrected chi connectivity index (χ0v) is 13.0. The maximum atomic E-state index is 12.4. The largest absolute Gasteiger partial charge is 0.399 e. The molecule has 3 nitrogen and oxygen atoms in total. The highest BCUT2D eigenvalue weighted by molar-refractivity contribution is 9.10. The highest BCUT2D eigenvalue weighted by Gasteiger charge is 2.19. The topological polar surface area (TPSA) is 60.2 Å². The Morgan fingerprint density at radius 1 is 1.16 bits per heavy atom. The molecule has 19 heavy (non-hydrogen) atoms. The lowest BCUT2D eigenvalue weighted by Crippen LogP contribution is -2.06. The van der Waals surface area contributed by atoms with Crippen LogP contribution in [0, 0.1) is 0 Å². The molecule has 2 N–H and O–H groups in total. The van der Waals surface area contributed by atoms with E-state index >= 15 is 0 Å². The van der Waals surface area contributed by atoms with Gasteiger partial charge in [0.05, 0.1) is 10.6 Å². The molecule has 0 saturated carbocycles. The van der Waals surface area contributed by atoms with E-state index in [1.807, 2.05) is 0 Å². The van der Waals surface area contributed by atoms with Crippen molar-refractivity contribution in [3.05, 3.63) is 57.5 Å². The highest BCUT2D eigenvalue weighted by atomic mass is 79.9. The lowest BCUT2D eigenvalue weighted by Gasteiger charge is -2.08. The second kappa shape index (κ2) is 5.53. The first-order chi connectivity index (χ1) is 8.90. The fourth-order valence-corrected chi connectivity index (χ4v) is 4.43. The minimum atomic E-state index is -3.47. The van der Waals surface area contributed by atoms with Crippen molar-refractivity contribution in [2.75, 3.05) is 5.73 Å². The second-order valence-corrected chi connectivity index (χ2v) is 7.26. The van der Waals surface area contributed by atoms with E-state index in [1.165, 1.54) is 0 Å². The Hall–Kier alpha value is -1.04. The van der Waals surface area contributed by atoms with Gasteiger partial charge in [-0.3, -0.25) is 0 Å². The normalized spacial score (nSPS) is 11.5. The van der Waals surface area contributed by atoms with Crippen LogP contribution in [-0.4, -0.2) is 8.42 Å². The van der Waals surface area contributed by atoms with E-state index < -0.39 is 9.84 Å². The molecule has 2 aromatic carbocycles. The summed E-state index contributed by atoms with van der Waals surface area (Å²) < 4.78 is 25.3. The molecule has 2 aromatic rings. The molecule has 0 spiro atoms. The monoisotopic (exact) mass is 359 g/mol. The molecular formula is C13H11BrClNO2S. The summed E-state index contributed by atoms with van der Waals surface area (Å²) in [7, 11) is -3.47. The maximum absolute atomic E-state index is 12.4. The molecule has 0 bridgehead atoms. The molecule has 0 aliphatic rings. The molecule has 0 amide bonds. The number of halogens is 2. The summed E-state index contributed by atoms with van der Waals surface area (Å²) in [6.07, 6.45) is 0. The number of benzene rings is 2. The zero-order valence-electron chi connectivity index (χ0n) is 9.81. The van der Waals surface area contributed by atoms with E-state index in [-0.39, 0.29) is 10.6 Å². The maximum Gasteiger partial charge on any atom is 0.183 e. The molecule has 0 unspecified atom stereocenters. The summed E-state index contributed by atoms with van der Waals surface area (Å²) in [6.45, 7) is 0. The number of hydrogen-bond donors (Lipinski definition) is 1. The average Bonchev–Trinajstić information content (AvgIpc) is 2.34. The van der Waals surface area contributed by atoms with E-state index in [2.05, 4.69) is 15.9 Å². The minimum Gasteiger partial charge on any atom is -0.399 e. The van der Waals surface area contributed by atoms with E-state index in [9.17, 15) is 8.42 Å². The average molecular weight is 361 g/mol. The third-order valence-corrected chi connectivity index (χ3v) is 5.63. The summed E-state index contributed by atoms with van der Waals surface area (Å²) in [5.74, 6) is -0.181. The predicted molar refractivity (Wildman–Crippen MR) is 80.9 cm³/mol. The number of hydrogen-bond acceptors (Lipinski definition) is 3. The number of anilines is 1. The van der Waals surface area contributed by atoms with Gasteiger partial charge in [0.15, 0.2) is 9.84 Å². The first-order valence-electron chi connectivity index (χ1n) is 5.41. The lowest BCUT2D eigenvalue weighted by atomic mass is 10.2. The van der Waals surface area contributed by atoms with Gasteiger partial charge in [0.2, 0.25) is 0 Å². The Kier molecular flexibility index (Phi) is 4.18. The van der Waals surface area contributed by atoms with Gasteiger partial charge in [-0.05, 0) is 51.8 Å². The van der Waals surface area contributed by atoms with Crippen molar-refractivity contribution < 1.29 is 8.42 Å². The molecule has 2 rings (SSSR count). The van der Waals surface area contributed by atoms with Crippen LogP contribution in [0.3, 0.4) is 0 Å². The minimum absolute atomic E-state index is 0.181. The van der Waals surface area contributed by atoms with Crippen LogP contribution >= 0.6 is 27.5 Å². The van der Waals surface area contributed by atoms with Crippen LogP contribution in [-0.2, 0) is 15.6 Å². The van der Waals surface area contributed by atoms with Crippen LogP contribution in [0.25, 0.3) is 0 Å². The quantitative estimate of drug-likeness (QED) is 0.850. The SMILES string of the molecule is Nc1ccc(Cl)c(CS(=O)(=O)c2ccccc2Br)c1. The van der Waals surface area contributed by atoms with E-state index in [4.69, 9.17) is 17.3 Å². The van der Waals surface area contributed by atoms with Crippen molar-refractivity contribution in [2.45, 2.75) is 10.6 Å². The number of sulfone groups is 1. The lowest BCUT2D eigenvalue weighted by molar-refractivity contribution is 0.595. The third-order valence-electron chi connectivity index (χ3n) is 2.59. The summed E-state index contributed by atoms with van der Waals surface area (Å²) in [4.78, 5) is 0.244. The van der Waals surface area contributed by atoms with Crippen molar-refractivity contribution in [3.8, 4) is 0 Å². The van der Waals surface area contributed by atoms with Gasteiger partial charge in [0.1, 0.15) is 0 Å². The number of nitrogen functional groups attached to an aromatic ring is 1. The van der Waals surface area contributed by atoms with Crippen molar-refractivity contribution >= 4 is 43.1 Å².